The summed E-state index contributed by atoms with van der Waals surface area (Å²) >= 11 is 0. The summed E-state index contributed by atoms with van der Waals surface area (Å²) < 4.78 is 31.9. The van der Waals surface area contributed by atoms with E-state index >= 15 is 0 Å². The lowest BCUT2D eigenvalue weighted by atomic mass is 10.1. The molecule has 0 saturated carbocycles. The van der Waals surface area contributed by atoms with Crippen molar-refractivity contribution in [2.45, 2.75) is 4.90 Å². The predicted molar refractivity (Wildman–Crippen MR) is 108 cm³/mol. The Morgan fingerprint density at radius 1 is 1.04 bits per heavy atom. The van der Waals surface area contributed by atoms with Gasteiger partial charge in [-0.3, -0.25) is 9.35 Å². The molecule has 0 saturated heterocycles. The van der Waals surface area contributed by atoms with Gasteiger partial charge < -0.3 is 11.1 Å². The molecule has 8 nitrogen and oxygen atoms in total. The Labute approximate surface area is 161 Å². The topological polar surface area (TPSA) is 134 Å². The highest BCUT2D eigenvalue weighted by Gasteiger charge is 2.12. The van der Waals surface area contributed by atoms with Gasteiger partial charge in [-0.15, -0.1) is 5.11 Å². The average molecular weight is 396 g/mol. The first-order valence-corrected chi connectivity index (χ1v) is 9.47. The van der Waals surface area contributed by atoms with E-state index in [-0.39, 0.29) is 10.8 Å². The second-order valence-electron chi connectivity index (χ2n) is 5.80. The van der Waals surface area contributed by atoms with Crippen molar-refractivity contribution < 1.29 is 17.8 Å². The Bertz CT molecular complexity index is 1200. The highest BCUT2D eigenvalue weighted by Crippen LogP contribution is 2.33. The Hall–Kier alpha value is -3.56. The molecule has 0 aliphatic heterocycles. The quantitative estimate of drug-likeness (QED) is 0.257. The van der Waals surface area contributed by atoms with Crippen LogP contribution in [-0.4, -0.2) is 18.9 Å². The van der Waals surface area contributed by atoms with Crippen molar-refractivity contribution in [1.29, 1.82) is 0 Å². The summed E-state index contributed by atoms with van der Waals surface area (Å²) in [5, 5.41) is 12.0. The Morgan fingerprint density at radius 2 is 1.75 bits per heavy atom. The fourth-order valence-corrected chi connectivity index (χ4v) is 3.00. The number of carbonyl (C=O) groups is 1. The van der Waals surface area contributed by atoms with Crippen LogP contribution in [0.1, 0.15) is 0 Å². The largest absolute Gasteiger partial charge is 0.398 e. The second kappa shape index (κ2) is 7.59. The first kappa shape index (κ1) is 19.2. The van der Waals surface area contributed by atoms with Crippen LogP contribution in [0.15, 0.2) is 82.4 Å². The minimum absolute atomic E-state index is 0.252. The van der Waals surface area contributed by atoms with Crippen molar-refractivity contribution in [1.82, 2.24) is 0 Å². The van der Waals surface area contributed by atoms with E-state index < -0.39 is 10.1 Å². The van der Waals surface area contributed by atoms with E-state index in [1.165, 1.54) is 24.3 Å². The van der Waals surface area contributed by atoms with Crippen LogP contribution in [-0.2, 0) is 14.9 Å². The third-order valence-corrected chi connectivity index (χ3v) is 4.74. The van der Waals surface area contributed by atoms with E-state index in [2.05, 4.69) is 22.1 Å². The zero-order valence-electron chi connectivity index (χ0n) is 14.5. The molecule has 3 rings (SSSR count). The number of anilines is 2. The van der Waals surface area contributed by atoms with Gasteiger partial charge in [0.1, 0.15) is 0 Å². The molecule has 142 valence electrons. The average Bonchev–Trinajstić information content (AvgIpc) is 2.67. The molecule has 0 fully saturated rings. The summed E-state index contributed by atoms with van der Waals surface area (Å²) in [5.41, 5.74) is 7.90. The number of hydrogen-bond acceptors (Lipinski definition) is 6. The number of nitrogens with two attached hydrogens (primary N) is 1. The van der Waals surface area contributed by atoms with E-state index in [4.69, 9.17) is 5.73 Å². The van der Waals surface area contributed by atoms with Crippen LogP contribution >= 0.6 is 0 Å². The van der Waals surface area contributed by atoms with E-state index in [9.17, 15) is 17.8 Å². The van der Waals surface area contributed by atoms with Crippen LogP contribution in [0.4, 0.5) is 22.7 Å². The van der Waals surface area contributed by atoms with Crippen LogP contribution in [0.2, 0.25) is 0 Å². The van der Waals surface area contributed by atoms with Crippen molar-refractivity contribution in [2.75, 3.05) is 11.1 Å². The molecule has 0 heterocycles. The minimum atomic E-state index is -4.34. The lowest BCUT2D eigenvalue weighted by Gasteiger charge is -2.06. The molecule has 0 bridgehead atoms. The molecule has 0 radical (unpaired) electrons. The van der Waals surface area contributed by atoms with Gasteiger partial charge >= 0.3 is 0 Å². The third-order valence-electron chi connectivity index (χ3n) is 3.89. The van der Waals surface area contributed by atoms with E-state index in [0.29, 0.717) is 33.5 Å². The van der Waals surface area contributed by atoms with Crippen molar-refractivity contribution in [3.05, 3.63) is 67.3 Å². The van der Waals surface area contributed by atoms with Crippen molar-refractivity contribution >= 4 is 49.5 Å². The Balaban J connectivity index is 1.93. The number of fused-ring (bicyclic) bond motifs is 1. The van der Waals surface area contributed by atoms with Gasteiger partial charge in [0, 0.05) is 22.1 Å². The van der Waals surface area contributed by atoms with Gasteiger partial charge in [-0.2, -0.15) is 13.5 Å². The van der Waals surface area contributed by atoms with E-state index in [0.717, 1.165) is 0 Å². The second-order valence-corrected chi connectivity index (χ2v) is 7.22. The third kappa shape index (κ3) is 4.22. The molecule has 0 aliphatic carbocycles. The van der Waals surface area contributed by atoms with Crippen molar-refractivity contribution in [2.24, 2.45) is 10.2 Å². The van der Waals surface area contributed by atoms with E-state index in [1.807, 2.05) is 0 Å². The maximum atomic E-state index is 11.3. The lowest BCUT2D eigenvalue weighted by Crippen LogP contribution is -2.06. The summed E-state index contributed by atoms with van der Waals surface area (Å²) in [6, 6.07) is 14.0. The van der Waals surface area contributed by atoms with Crippen LogP contribution in [0.5, 0.6) is 0 Å². The maximum absolute atomic E-state index is 11.3. The van der Waals surface area contributed by atoms with Crippen LogP contribution in [0.3, 0.4) is 0 Å². The standard InChI is InChI=1S/C19H16N4O4S/c1-2-19(24)21-12-3-5-13(6-4-12)22-23-18-10-9-17(20)16-11-14(28(25,26)27)7-8-15(16)18/h2-11H,1,20H2,(H,21,24)(H,25,26,27)/b23-22+. The maximum Gasteiger partial charge on any atom is 0.294 e. The minimum Gasteiger partial charge on any atom is -0.398 e. The Morgan fingerprint density at radius 3 is 2.39 bits per heavy atom. The first-order chi connectivity index (χ1) is 13.3. The van der Waals surface area contributed by atoms with Crippen molar-refractivity contribution in [3.63, 3.8) is 0 Å². The predicted octanol–water partition coefficient (Wildman–Crippen LogP) is 4.21. The smallest absolute Gasteiger partial charge is 0.294 e. The van der Waals surface area contributed by atoms with Gasteiger partial charge in [-0.1, -0.05) is 12.6 Å². The van der Waals surface area contributed by atoms with Gasteiger partial charge in [0.05, 0.1) is 16.3 Å². The van der Waals surface area contributed by atoms with Gasteiger partial charge in [-0.25, -0.2) is 0 Å². The van der Waals surface area contributed by atoms with Crippen LogP contribution < -0.4 is 11.1 Å². The number of rotatable bonds is 5. The molecule has 0 aromatic heterocycles. The molecular weight excluding hydrogens is 380 g/mol. The number of nitrogens with one attached hydrogen (secondary N) is 1. The van der Waals surface area contributed by atoms with Gasteiger partial charge in [0.2, 0.25) is 5.91 Å². The molecule has 0 unspecified atom stereocenters. The number of hydrogen-bond donors (Lipinski definition) is 3. The summed E-state index contributed by atoms with van der Waals surface area (Å²) in [5.74, 6) is -0.313. The lowest BCUT2D eigenvalue weighted by molar-refractivity contribution is -0.111. The Kier molecular flexibility index (Phi) is 5.21. The summed E-state index contributed by atoms with van der Waals surface area (Å²) in [6.07, 6.45) is 1.17. The van der Waals surface area contributed by atoms with Gasteiger partial charge in [0.15, 0.2) is 0 Å². The monoisotopic (exact) mass is 396 g/mol. The molecule has 28 heavy (non-hydrogen) atoms. The first-order valence-electron chi connectivity index (χ1n) is 8.03. The number of carbonyl (C=O) groups excluding carboxylic acids is 1. The summed E-state index contributed by atoms with van der Waals surface area (Å²) in [7, 11) is -4.34. The number of nitrogens with zero attached hydrogens (tertiary/aromatic N) is 2. The molecule has 3 aromatic carbocycles. The fourth-order valence-electron chi connectivity index (χ4n) is 2.50. The number of amides is 1. The van der Waals surface area contributed by atoms with Crippen LogP contribution in [0.25, 0.3) is 10.8 Å². The zero-order valence-corrected chi connectivity index (χ0v) is 15.3. The number of azo groups is 1. The summed E-state index contributed by atoms with van der Waals surface area (Å²) in [4.78, 5) is 11.0. The molecular formula is C19H16N4O4S. The van der Waals surface area contributed by atoms with Crippen molar-refractivity contribution in [3.8, 4) is 0 Å². The normalized spacial score (nSPS) is 11.6. The fraction of sp³-hybridized carbons (Fsp3) is 0. The van der Waals surface area contributed by atoms with Crippen LogP contribution in [0, 0.1) is 0 Å². The number of nitrogen functional groups attached to an aromatic ring is 1. The zero-order chi connectivity index (χ0) is 20.3. The highest BCUT2D eigenvalue weighted by atomic mass is 32.2. The number of benzene rings is 3. The van der Waals surface area contributed by atoms with Gasteiger partial charge in [0.25, 0.3) is 10.1 Å². The molecule has 0 atom stereocenters. The molecule has 0 spiro atoms. The highest BCUT2D eigenvalue weighted by molar-refractivity contribution is 7.85. The molecule has 1 amide bonds. The van der Waals surface area contributed by atoms with E-state index in [1.54, 1.807) is 36.4 Å². The summed E-state index contributed by atoms with van der Waals surface area (Å²) in [6.45, 7) is 3.39. The SMILES string of the molecule is C=CC(=O)Nc1ccc(/N=N/c2ccc(N)c3cc(S(=O)(=O)O)ccc23)cc1. The molecule has 4 N–H and O–H groups in total. The molecule has 9 heteroatoms. The molecule has 3 aromatic rings. The van der Waals surface area contributed by atoms with Gasteiger partial charge in [-0.05, 0) is 54.6 Å². The molecule has 0 aliphatic rings.